The Kier molecular flexibility index (Phi) is 21.0. The lowest BCUT2D eigenvalue weighted by atomic mass is 9.78. The second-order valence-electron chi connectivity index (χ2n) is 9.91. The maximum Gasteiger partial charge on any atom is 0.321 e. The monoisotopic (exact) mass is 454 g/mol. The van der Waals surface area contributed by atoms with Gasteiger partial charge in [0.05, 0.1) is 0 Å². The number of aliphatic carboxylic acids is 2. The summed E-state index contributed by atoms with van der Waals surface area (Å²) in [5.41, 5.74) is -1.58. The molecule has 0 aromatic carbocycles. The average molecular weight is 455 g/mol. The highest BCUT2D eigenvalue weighted by Crippen LogP contribution is 2.32. The summed E-state index contributed by atoms with van der Waals surface area (Å²) in [4.78, 5) is 23.0. The van der Waals surface area contributed by atoms with Gasteiger partial charge in [-0.3, -0.25) is 9.59 Å². The van der Waals surface area contributed by atoms with Crippen LogP contribution in [-0.4, -0.2) is 22.2 Å². The van der Waals surface area contributed by atoms with Crippen LogP contribution in [0.1, 0.15) is 162 Å². The van der Waals surface area contributed by atoms with Crippen LogP contribution in [0.4, 0.5) is 0 Å². The molecule has 0 aliphatic rings. The van der Waals surface area contributed by atoms with Crippen molar-refractivity contribution in [2.24, 2.45) is 5.41 Å². The molecule has 0 saturated heterocycles. The Morgan fingerprint density at radius 2 is 0.719 bits per heavy atom. The van der Waals surface area contributed by atoms with Crippen molar-refractivity contribution in [1.29, 1.82) is 0 Å². The highest BCUT2D eigenvalue weighted by atomic mass is 16.4. The Morgan fingerprint density at radius 3 is 0.969 bits per heavy atom. The molecular weight excluding hydrogens is 400 g/mol. The van der Waals surface area contributed by atoms with Crippen LogP contribution in [0.3, 0.4) is 0 Å². The van der Waals surface area contributed by atoms with Gasteiger partial charge in [0.1, 0.15) is 0 Å². The summed E-state index contributed by atoms with van der Waals surface area (Å²) in [5, 5.41) is 18.8. The standard InChI is InChI=1S/C28H54O4/c1-3-5-6-7-8-9-10-11-12-13-14-15-16-17-18-19-20-21-22-23-25-28(24-4-2,26(29)30)27(31)32/h3-25H2,1-2H3,(H,29,30)(H,31,32). The van der Waals surface area contributed by atoms with E-state index < -0.39 is 17.4 Å². The molecular formula is C28H54O4. The predicted octanol–water partition coefficient (Wildman–Crippen LogP) is 9.15. The fraction of sp³-hybridized carbons (Fsp3) is 0.929. The van der Waals surface area contributed by atoms with Crippen molar-refractivity contribution in [3.8, 4) is 0 Å². The topological polar surface area (TPSA) is 74.6 Å². The third-order valence-corrected chi connectivity index (χ3v) is 6.95. The van der Waals surface area contributed by atoms with Gasteiger partial charge in [0.25, 0.3) is 0 Å². The summed E-state index contributed by atoms with van der Waals surface area (Å²) in [7, 11) is 0. The first-order chi connectivity index (χ1) is 15.5. The molecule has 0 atom stereocenters. The number of hydrogen-bond donors (Lipinski definition) is 2. The molecule has 32 heavy (non-hydrogen) atoms. The maximum atomic E-state index is 11.5. The zero-order valence-electron chi connectivity index (χ0n) is 21.5. The largest absolute Gasteiger partial charge is 0.480 e. The molecule has 0 unspecified atom stereocenters. The molecule has 0 radical (unpaired) electrons. The zero-order valence-corrected chi connectivity index (χ0v) is 21.5. The lowest BCUT2D eigenvalue weighted by Gasteiger charge is -2.24. The van der Waals surface area contributed by atoms with Gasteiger partial charge in [-0.25, -0.2) is 0 Å². The van der Waals surface area contributed by atoms with Crippen molar-refractivity contribution in [2.45, 2.75) is 162 Å². The minimum atomic E-state index is -1.58. The molecule has 190 valence electrons. The van der Waals surface area contributed by atoms with E-state index in [2.05, 4.69) is 6.92 Å². The molecule has 0 bridgehead atoms. The molecule has 0 aliphatic heterocycles. The van der Waals surface area contributed by atoms with Crippen molar-refractivity contribution in [3.63, 3.8) is 0 Å². The van der Waals surface area contributed by atoms with Crippen molar-refractivity contribution in [3.05, 3.63) is 0 Å². The van der Waals surface area contributed by atoms with Gasteiger partial charge in [0, 0.05) is 0 Å². The van der Waals surface area contributed by atoms with Gasteiger partial charge in [0.2, 0.25) is 0 Å². The predicted molar refractivity (Wildman–Crippen MR) is 135 cm³/mol. The van der Waals surface area contributed by atoms with Crippen LogP contribution >= 0.6 is 0 Å². The van der Waals surface area contributed by atoms with Crippen LogP contribution in [0, 0.1) is 5.41 Å². The molecule has 0 fully saturated rings. The molecule has 4 nitrogen and oxygen atoms in total. The second-order valence-corrected chi connectivity index (χ2v) is 9.91. The van der Waals surface area contributed by atoms with Gasteiger partial charge in [0.15, 0.2) is 5.41 Å². The summed E-state index contributed by atoms with van der Waals surface area (Å²) in [6, 6.07) is 0. The van der Waals surface area contributed by atoms with Gasteiger partial charge in [-0.05, 0) is 12.8 Å². The van der Waals surface area contributed by atoms with Gasteiger partial charge < -0.3 is 10.2 Å². The minimum absolute atomic E-state index is 0.219. The lowest BCUT2D eigenvalue weighted by molar-refractivity contribution is -0.166. The molecule has 0 aromatic heterocycles. The minimum Gasteiger partial charge on any atom is -0.480 e. The van der Waals surface area contributed by atoms with E-state index in [0.717, 1.165) is 12.8 Å². The van der Waals surface area contributed by atoms with E-state index in [1.54, 1.807) is 0 Å². The molecule has 0 spiro atoms. The van der Waals surface area contributed by atoms with Crippen molar-refractivity contribution < 1.29 is 19.8 Å². The smallest absolute Gasteiger partial charge is 0.321 e. The van der Waals surface area contributed by atoms with E-state index in [9.17, 15) is 19.8 Å². The second kappa shape index (κ2) is 21.8. The number of rotatable bonds is 25. The highest BCUT2D eigenvalue weighted by molar-refractivity contribution is 5.98. The first kappa shape index (κ1) is 30.9. The molecule has 0 saturated carbocycles. The molecule has 0 rings (SSSR count). The Labute approximate surface area is 199 Å². The Bertz CT molecular complexity index is 433. The van der Waals surface area contributed by atoms with Gasteiger partial charge in [-0.1, -0.05) is 149 Å². The SMILES string of the molecule is CCCCCCCCCCCCCCCCCCCCCCC(CCC)(C(=O)O)C(=O)O. The van der Waals surface area contributed by atoms with E-state index >= 15 is 0 Å². The van der Waals surface area contributed by atoms with Gasteiger partial charge >= 0.3 is 11.9 Å². The molecule has 4 heteroatoms. The normalized spacial score (nSPS) is 11.7. The van der Waals surface area contributed by atoms with Crippen LogP contribution < -0.4 is 0 Å². The van der Waals surface area contributed by atoms with Crippen LogP contribution in [-0.2, 0) is 9.59 Å². The molecule has 0 aliphatic carbocycles. The third-order valence-electron chi connectivity index (χ3n) is 6.95. The summed E-state index contributed by atoms with van der Waals surface area (Å²) in [6.45, 7) is 4.12. The van der Waals surface area contributed by atoms with Crippen LogP contribution in [0.5, 0.6) is 0 Å². The molecule has 0 heterocycles. The van der Waals surface area contributed by atoms with E-state index in [1.165, 1.54) is 109 Å². The average Bonchev–Trinajstić information content (AvgIpc) is 2.76. The maximum absolute atomic E-state index is 11.5. The third kappa shape index (κ3) is 15.7. The summed E-state index contributed by atoms with van der Waals surface area (Å²) < 4.78 is 0. The van der Waals surface area contributed by atoms with Crippen LogP contribution in [0.15, 0.2) is 0 Å². The van der Waals surface area contributed by atoms with Crippen molar-refractivity contribution >= 4 is 11.9 Å². The number of carboxylic acid groups (broad SMARTS) is 2. The van der Waals surface area contributed by atoms with E-state index in [4.69, 9.17) is 0 Å². The fourth-order valence-corrected chi connectivity index (χ4v) is 4.75. The fourth-order valence-electron chi connectivity index (χ4n) is 4.75. The van der Waals surface area contributed by atoms with Gasteiger partial charge in [-0.2, -0.15) is 0 Å². The zero-order chi connectivity index (χ0) is 23.9. The first-order valence-corrected chi connectivity index (χ1v) is 14.0. The molecule has 2 N–H and O–H groups in total. The Balaban J connectivity index is 3.42. The summed E-state index contributed by atoms with van der Waals surface area (Å²) in [5.74, 6) is -2.35. The number of unbranched alkanes of at least 4 members (excludes halogenated alkanes) is 19. The van der Waals surface area contributed by atoms with E-state index in [-0.39, 0.29) is 12.8 Å². The summed E-state index contributed by atoms with van der Waals surface area (Å²) >= 11 is 0. The van der Waals surface area contributed by atoms with E-state index in [0.29, 0.717) is 12.8 Å². The molecule has 0 amide bonds. The van der Waals surface area contributed by atoms with Crippen molar-refractivity contribution in [2.75, 3.05) is 0 Å². The first-order valence-electron chi connectivity index (χ1n) is 14.0. The lowest BCUT2D eigenvalue weighted by Crippen LogP contribution is -2.39. The number of carbonyl (C=O) groups is 2. The Morgan fingerprint density at radius 1 is 0.438 bits per heavy atom. The molecule has 0 aromatic rings. The highest BCUT2D eigenvalue weighted by Gasteiger charge is 2.44. The summed E-state index contributed by atoms with van der Waals surface area (Å²) in [6.07, 6.45) is 27.1. The number of hydrogen-bond acceptors (Lipinski definition) is 2. The quantitative estimate of drug-likeness (QED) is 0.106. The van der Waals surface area contributed by atoms with Crippen molar-refractivity contribution in [1.82, 2.24) is 0 Å². The van der Waals surface area contributed by atoms with E-state index in [1.807, 2.05) is 6.92 Å². The van der Waals surface area contributed by atoms with Crippen LogP contribution in [0.25, 0.3) is 0 Å². The van der Waals surface area contributed by atoms with Gasteiger partial charge in [-0.15, -0.1) is 0 Å². The van der Waals surface area contributed by atoms with Crippen LogP contribution in [0.2, 0.25) is 0 Å². The Hall–Kier alpha value is -1.06. The number of carboxylic acids is 2.